The number of aromatic hydroxyl groups is 2. The number of hydrogen-bond acceptors (Lipinski definition) is 6. The van der Waals surface area contributed by atoms with E-state index in [0.29, 0.717) is 35.5 Å². The Kier molecular flexibility index (Phi) is 5.21. The van der Waals surface area contributed by atoms with Gasteiger partial charge >= 0.3 is 0 Å². The van der Waals surface area contributed by atoms with Gasteiger partial charge in [0, 0.05) is 17.5 Å². The van der Waals surface area contributed by atoms with Crippen molar-refractivity contribution >= 4 is 5.78 Å². The number of ether oxygens (including phenoxy) is 2. The van der Waals surface area contributed by atoms with Crippen molar-refractivity contribution in [3.63, 3.8) is 0 Å². The predicted octanol–water partition coefficient (Wildman–Crippen LogP) is 4.39. The molecule has 0 amide bonds. The number of Topliss-reactive ketones (excluding diaryl/α,β-unsaturated/α-hetero) is 1. The second kappa shape index (κ2) is 7.61. The van der Waals surface area contributed by atoms with Gasteiger partial charge in [0.15, 0.2) is 5.78 Å². The third-order valence-electron chi connectivity index (χ3n) is 5.90. The summed E-state index contributed by atoms with van der Waals surface area (Å²) >= 11 is 0. The summed E-state index contributed by atoms with van der Waals surface area (Å²) in [5.41, 5.74) is 2.19. The largest absolute Gasteiger partial charge is 0.508 e. The lowest BCUT2D eigenvalue weighted by atomic mass is 9.88. The summed E-state index contributed by atoms with van der Waals surface area (Å²) in [5.74, 6) is 0.633. The molecule has 0 saturated heterocycles. The Bertz CT molecular complexity index is 1060. The molecular formula is C25H28O6. The Morgan fingerprint density at radius 3 is 2.39 bits per heavy atom. The number of fused-ring (bicyclic) bond motifs is 2. The predicted molar refractivity (Wildman–Crippen MR) is 116 cm³/mol. The minimum absolute atomic E-state index is 0.0853. The first-order chi connectivity index (χ1) is 14.6. The van der Waals surface area contributed by atoms with Crippen LogP contribution in [0.2, 0.25) is 0 Å². The van der Waals surface area contributed by atoms with Crippen LogP contribution in [-0.2, 0) is 12.8 Å². The van der Waals surface area contributed by atoms with E-state index in [1.54, 1.807) is 38.1 Å². The standard InChI is InChI=1S/C25H28O6/c1-13(2)5-10-16-23-17(11-20(31-23)25(3,4)29)22(28)21-18(27)12-19(30-24(16)21)14-6-8-15(26)9-7-14/h5-9,19-20,26,28-29H,10-12H2,1-4H3/t19-,20+/m0/s1. The van der Waals surface area contributed by atoms with Crippen LogP contribution in [0.1, 0.15) is 67.3 Å². The van der Waals surface area contributed by atoms with Gasteiger partial charge in [0.05, 0.1) is 12.0 Å². The highest BCUT2D eigenvalue weighted by molar-refractivity contribution is 6.04. The van der Waals surface area contributed by atoms with Crippen molar-refractivity contribution in [3.8, 4) is 23.0 Å². The molecule has 0 radical (unpaired) electrons. The lowest BCUT2D eigenvalue weighted by molar-refractivity contribution is -0.0233. The van der Waals surface area contributed by atoms with Gasteiger partial charge in [-0.1, -0.05) is 23.8 Å². The number of phenols is 2. The zero-order valence-corrected chi connectivity index (χ0v) is 18.2. The van der Waals surface area contributed by atoms with E-state index in [1.807, 2.05) is 19.9 Å². The molecule has 2 heterocycles. The molecule has 164 valence electrons. The molecule has 0 fully saturated rings. The van der Waals surface area contributed by atoms with E-state index in [1.165, 1.54) is 0 Å². The Morgan fingerprint density at radius 1 is 1.10 bits per heavy atom. The number of carbonyl (C=O) groups excluding carboxylic acids is 1. The zero-order chi connectivity index (χ0) is 22.5. The molecule has 0 bridgehead atoms. The Balaban J connectivity index is 1.85. The molecule has 2 aromatic rings. The number of ketones is 1. The molecule has 0 aromatic heterocycles. The summed E-state index contributed by atoms with van der Waals surface area (Å²) in [6.45, 7) is 7.30. The van der Waals surface area contributed by atoms with Gasteiger partial charge in [-0.05, 0) is 51.8 Å². The quantitative estimate of drug-likeness (QED) is 0.630. The first-order valence-corrected chi connectivity index (χ1v) is 10.5. The van der Waals surface area contributed by atoms with Crippen LogP contribution in [0.15, 0.2) is 35.9 Å². The molecular weight excluding hydrogens is 396 g/mol. The topological polar surface area (TPSA) is 96.2 Å². The summed E-state index contributed by atoms with van der Waals surface area (Å²) in [6.07, 6.45) is 1.82. The number of hydrogen-bond donors (Lipinski definition) is 3. The first kappa shape index (κ1) is 21.2. The van der Waals surface area contributed by atoms with E-state index in [-0.39, 0.29) is 29.3 Å². The van der Waals surface area contributed by atoms with Gasteiger partial charge in [-0.3, -0.25) is 4.79 Å². The molecule has 2 aliphatic heterocycles. The molecule has 2 aliphatic rings. The maximum Gasteiger partial charge on any atom is 0.174 e. The highest BCUT2D eigenvalue weighted by atomic mass is 16.5. The van der Waals surface area contributed by atoms with E-state index < -0.39 is 17.8 Å². The Hall–Kier alpha value is -2.99. The lowest BCUT2D eigenvalue weighted by Gasteiger charge is -2.29. The van der Waals surface area contributed by atoms with Gasteiger partial charge in [-0.25, -0.2) is 0 Å². The molecule has 2 atom stereocenters. The fourth-order valence-electron chi connectivity index (χ4n) is 4.11. The highest BCUT2D eigenvalue weighted by Gasteiger charge is 2.42. The van der Waals surface area contributed by atoms with Gasteiger partial charge in [0.2, 0.25) is 0 Å². The van der Waals surface area contributed by atoms with Gasteiger partial charge in [0.1, 0.15) is 40.8 Å². The van der Waals surface area contributed by atoms with Crippen molar-refractivity contribution in [2.24, 2.45) is 0 Å². The van der Waals surface area contributed by atoms with Crippen LogP contribution in [-0.4, -0.2) is 32.8 Å². The van der Waals surface area contributed by atoms with Gasteiger partial charge in [-0.15, -0.1) is 0 Å². The maximum absolute atomic E-state index is 13.1. The van der Waals surface area contributed by atoms with Crippen molar-refractivity contribution < 1.29 is 29.6 Å². The fraction of sp³-hybridized carbons (Fsp3) is 0.400. The molecule has 0 saturated carbocycles. The minimum Gasteiger partial charge on any atom is -0.508 e. The molecule has 3 N–H and O–H groups in total. The summed E-state index contributed by atoms with van der Waals surface area (Å²) < 4.78 is 12.4. The van der Waals surface area contributed by atoms with Crippen molar-refractivity contribution in [1.82, 2.24) is 0 Å². The van der Waals surface area contributed by atoms with Crippen molar-refractivity contribution in [2.45, 2.75) is 64.8 Å². The van der Waals surface area contributed by atoms with Crippen LogP contribution in [0.5, 0.6) is 23.0 Å². The lowest BCUT2D eigenvalue weighted by Crippen LogP contribution is -2.39. The van der Waals surface area contributed by atoms with E-state index in [2.05, 4.69) is 0 Å². The molecule has 31 heavy (non-hydrogen) atoms. The van der Waals surface area contributed by atoms with Crippen LogP contribution in [0.25, 0.3) is 0 Å². The average Bonchev–Trinajstić information content (AvgIpc) is 3.14. The number of rotatable bonds is 4. The van der Waals surface area contributed by atoms with Gasteiger partial charge in [0.25, 0.3) is 0 Å². The van der Waals surface area contributed by atoms with Crippen LogP contribution in [0.3, 0.4) is 0 Å². The second-order valence-electron chi connectivity index (χ2n) is 9.11. The van der Waals surface area contributed by atoms with E-state index >= 15 is 0 Å². The van der Waals surface area contributed by atoms with E-state index in [0.717, 1.165) is 11.1 Å². The monoisotopic (exact) mass is 424 g/mol. The first-order valence-electron chi connectivity index (χ1n) is 10.5. The average molecular weight is 424 g/mol. The summed E-state index contributed by atoms with van der Waals surface area (Å²) in [7, 11) is 0. The number of aliphatic hydroxyl groups is 1. The number of carbonyl (C=O) groups is 1. The van der Waals surface area contributed by atoms with Crippen LogP contribution >= 0.6 is 0 Å². The summed E-state index contributed by atoms with van der Waals surface area (Å²) in [5, 5.41) is 31.1. The van der Waals surface area contributed by atoms with Crippen molar-refractivity contribution in [2.75, 3.05) is 0 Å². The summed E-state index contributed by atoms with van der Waals surface area (Å²) in [4.78, 5) is 13.1. The number of allylic oxidation sites excluding steroid dienone is 2. The smallest absolute Gasteiger partial charge is 0.174 e. The molecule has 2 aromatic carbocycles. The van der Waals surface area contributed by atoms with E-state index in [4.69, 9.17) is 9.47 Å². The van der Waals surface area contributed by atoms with Crippen LogP contribution in [0.4, 0.5) is 0 Å². The van der Waals surface area contributed by atoms with Gasteiger partial charge < -0.3 is 24.8 Å². The normalized spacial score (nSPS) is 19.8. The maximum atomic E-state index is 13.1. The van der Waals surface area contributed by atoms with Crippen molar-refractivity contribution in [1.29, 1.82) is 0 Å². The highest BCUT2D eigenvalue weighted by Crippen LogP contribution is 2.52. The molecule has 0 aliphatic carbocycles. The summed E-state index contributed by atoms with van der Waals surface area (Å²) in [6, 6.07) is 6.56. The Labute approximate surface area is 181 Å². The Morgan fingerprint density at radius 2 is 1.77 bits per heavy atom. The molecule has 6 nitrogen and oxygen atoms in total. The molecule has 6 heteroatoms. The van der Waals surface area contributed by atoms with Gasteiger partial charge in [-0.2, -0.15) is 0 Å². The second-order valence-corrected chi connectivity index (χ2v) is 9.11. The van der Waals surface area contributed by atoms with Crippen LogP contribution in [0, 0.1) is 0 Å². The van der Waals surface area contributed by atoms with Crippen molar-refractivity contribution in [3.05, 3.63) is 58.2 Å². The molecule has 0 unspecified atom stereocenters. The SMILES string of the molecule is CC(C)=CCc1c2c(c(O)c3c1O[C@H](c1ccc(O)cc1)CC3=O)C[C@H](C(C)(C)O)O2. The minimum atomic E-state index is -1.11. The number of phenolic OH excluding ortho intramolecular Hbond substituents is 2. The fourth-order valence-corrected chi connectivity index (χ4v) is 4.11. The third kappa shape index (κ3) is 3.88. The molecule has 0 spiro atoms. The van der Waals surface area contributed by atoms with E-state index in [9.17, 15) is 20.1 Å². The number of benzene rings is 2. The zero-order valence-electron chi connectivity index (χ0n) is 18.2. The third-order valence-corrected chi connectivity index (χ3v) is 5.90. The molecule has 4 rings (SSSR count). The van der Waals surface area contributed by atoms with Crippen LogP contribution < -0.4 is 9.47 Å².